The second-order valence-corrected chi connectivity index (χ2v) is 12.7. The van der Waals surface area contributed by atoms with Crippen molar-refractivity contribution in [2.24, 2.45) is 40.9 Å². The van der Waals surface area contributed by atoms with Crippen molar-refractivity contribution < 1.29 is 0 Å². The molecule has 0 N–H and O–H groups in total. The molecule has 2 saturated carbocycles. The lowest BCUT2D eigenvalue weighted by molar-refractivity contribution is -0.0195. The molecule has 0 bridgehead atoms. The third-order valence-electron chi connectivity index (χ3n) is 9.07. The summed E-state index contributed by atoms with van der Waals surface area (Å²) in [5.74, 6) is 9.92. The van der Waals surface area contributed by atoms with Crippen molar-refractivity contribution in [3.8, 4) is 12.3 Å². The van der Waals surface area contributed by atoms with Gasteiger partial charge in [-0.05, 0) is 85.2 Å². The summed E-state index contributed by atoms with van der Waals surface area (Å²) < 4.78 is 0.442. The molecule has 3 rings (SSSR count). The van der Waals surface area contributed by atoms with Crippen molar-refractivity contribution in [2.45, 2.75) is 104 Å². The number of terminal acetylenes is 1. The Morgan fingerprint density at radius 3 is 2.52 bits per heavy atom. The number of hydrogen-bond acceptors (Lipinski definition) is 1. The Bertz CT molecular complexity index is 531. The average Bonchev–Trinajstić information content (AvgIpc) is 2.97. The highest BCUT2D eigenvalue weighted by Crippen LogP contribution is 2.66. The molecule has 3 fully saturated rings. The molecule has 0 aromatic carbocycles. The van der Waals surface area contributed by atoms with Crippen LogP contribution in [0.3, 0.4) is 0 Å². The molecule has 154 valence electrons. The van der Waals surface area contributed by atoms with Gasteiger partial charge in [0.2, 0.25) is 0 Å². The molecule has 3 aliphatic rings. The summed E-state index contributed by atoms with van der Waals surface area (Å²) in [5, 5.41) is 0. The summed E-state index contributed by atoms with van der Waals surface area (Å²) in [7, 11) is 0. The van der Waals surface area contributed by atoms with Gasteiger partial charge in [0, 0.05) is 11.2 Å². The predicted octanol–water partition coefficient (Wildman–Crippen LogP) is 7.82. The van der Waals surface area contributed by atoms with Gasteiger partial charge in [0.15, 0.2) is 0 Å². The summed E-state index contributed by atoms with van der Waals surface area (Å²) >= 11 is 2.25. The van der Waals surface area contributed by atoms with Crippen molar-refractivity contribution >= 4 is 11.8 Å². The maximum atomic E-state index is 5.63. The van der Waals surface area contributed by atoms with Crippen LogP contribution < -0.4 is 0 Å². The number of rotatable bonds is 7. The van der Waals surface area contributed by atoms with E-state index in [9.17, 15) is 0 Å². The molecule has 0 nitrogen and oxygen atoms in total. The molecule has 1 unspecified atom stereocenters. The molecular weight excluding hydrogens is 344 g/mol. The Hall–Kier alpha value is -0.0900. The first kappa shape index (κ1) is 21.6. The highest BCUT2D eigenvalue weighted by molar-refractivity contribution is 8.00. The van der Waals surface area contributed by atoms with Gasteiger partial charge in [-0.15, -0.1) is 12.3 Å². The van der Waals surface area contributed by atoms with E-state index in [2.05, 4.69) is 52.3 Å². The fourth-order valence-corrected chi connectivity index (χ4v) is 9.20. The second-order valence-electron chi connectivity index (χ2n) is 11.1. The average molecular weight is 389 g/mol. The van der Waals surface area contributed by atoms with Gasteiger partial charge in [-0.2, -0.15) is 11.8 Å². The van der Waals surface area contributed by atoms with E-state index in [4.69, 9.17) is 6.42 Å². The smallest absolute Gasteiger partial charge is 0.0171 e. The number of hydrogen-bond donors (Lipinski definition) is 0. The Morgan fingerprint density at radius 2 is 1.81 bits per heavy atom. The van der Waals surface area contributed by atoms with Crippen molar-refractivity contribution in [2.75, 3.05) is 5.75 Å². The fraction of sp³-hybridized carbons (Fsp3) is 0.923. The van der Waals surface area contributed by atoms with Crippen molar-refractivity contribution in [1.82, 2.24) is 0 Å². The zero-order valence-electron chi connectivity index (χ0n) is 18.7. The Labute approximate surface area is 174 Å². The van der Waals surface area contributed by atoms with E-state index >= 15 is 0 Å². The Morgan fingerprint density at radius 1 is 1.04 bits per heavy atom. The van der Waals surface area contributed by atoms with Gasteiger partial charge in [0.1, 0.15) is 0 Å². The van der Waals surface area contributed by atoms with Crippen LogP contribution in [0.25, 0.3) is 0 Å². The molecule has 0 radical (unpaired) electrons. The highest BCUT2D eigenvalue weighted by Gasteiger charge is 2.58. The van der Waals surface area contributed by atoms with E-state index in [-0.39, 0.29) is 0 Å². The first-order valence-corrected chi connectivity index (χ1v) is 12.9. The summed E-state index contributed by atoms with van der Waals surface area (Å²) in [6, 6.07) is 0. The number of thioether (sulfide) groups is 1. The molecule has 2 aliphatic carbocycles. The van der Waals surface area contributed by atoms with E-state index in [1.807, 2.05) is 0 Å². The van der Waals surface area contributed by atoms with E-state index < -0.39 is 0 Å². The zero-order chi connectivity index (χ0) is 19.7. The molecule has 0 spiro atoms. The Kier molecular flexibility index (Phi) is 6.99. The summed E-state index contributed by atoms with van der Waals surface area (Å²) in [6.45, 7) is 12.6. The third-order valence-corrected chi connectivity index (χ3v) is 10.7. The van der Waals surface area contributed by atoms with E-state index in [0.29, 0.717) is 10.2 Å². The lowest BCUT2D eigenvalue weighted by Crippen LogP contribution is -2.51. The summed E-state index contributed by atoms with van der Waals surface area (Å²) in [5.41, 5.74) is 0.619. The Balaban J connectivity index is 1.69. The molecule has 0 amide bonds. The van der Waals surface area contributed by atoms with Gasteiger partial charge in [-0.25, -0.2) is 0 Å². The highest BCUT2D eigenvalue weighted by atomic mass is 32.2. The molecule has 27 heavy (non-hydrogen) atoms. The van der Waals surface area contributed by atoms with Crippen LogP contribution in [0.4, 0.5) is 0 Å². The normalized spacial score (nSPS) is 42.4. The zero-order valence-corrected chi connectivity index (χ0v) is 19.5. The quantitative estimate of drug-likeness (QED) is 0.401. The van der Waals surface area contributed by atoms with Crippen LogP contribution in [0.5, 0.6) is 0 Å². The first-order chi connectivity index (χ1) is 12.8. The largest absolute Gasteiger partial charge is 0.155 e. The molecule has 1 aliphatic heterocycles. The monoisotopic (exact) mass is 388 g/mol. The second kappa shape index (κ2) is 8.73. The molecule has 1 saturated heterocycles. The predicted molar refractivity (Wildman–Crippen MR) is 122 cm³/mol. The minimum Gasteiger partial charge on any atom is -0.155 e. The van der Waals surface area contributed by atoms with Crippen LogP contribution in [0.1, 0.15) is 98.8 Å². The van der Waals surface area contributed by atoms with Crippen LogP contribution in [0.2, 0.25) is 0 Å². The van der Waals surface area contributed by atoms with Gasteiger partial charge < -0.3 is 0 Å². The van der Waals surface area contributed by atoms with E-state index in [1.165, 1.54) is 63.5 Å². The molecular formula is C26H44S. The standard InChI is InChI=1S/C26H44S/c1-7-8-16-26(6)24-14-17-25(5)22(20(4)11-9-10-19(2)3)12-13-23(25)21(24)15-18-27-26/h1,19-24H,8-18H2,2-6H3/t20-,21?,22-,23+,24+,25-,26-/m1/s1. The van der Waals surface area contributed by atoms with Crippen LogP contribution in [0.15, 0.2) is 0 Å². The lowest BCUT2D eigenvalue weighted by Gasteiger charge is -2.56. The molecule has 0 aromatic heterocycles. The van der Waals surface area contributed by atoms with Gasteiger partial charge in [0.25, 0.3) is 0 Å². The summed E-state index contributed by atoms with van der Waals surface area (Å²) in [6.07, 6.45) is 19.5. The van der Waals surface area contributed by atoms with Crippen molar-refractivity contribution in [3.05, 3.63) is 0 Å². The molecule has 7 atom stereocenters. The van der Waals surface area contributed by atoms with Crippen molar-refractivity contribution in [1.29, 1.82) is 0 Å². The molecule has 0 aromatic rings. The SMILES string of the molecule is C#CCC[C@@]1(C)SCCC2[C@@H]3CC[C@H]([C@H](C)CCCC(C)C)[C@@]3(C)CC[C@@H]21. The van der Waals surface area contributed by atoms with Gasteiger partial charge in [-0.1, -0.05) is 53.9 Å². The van der Waals surface area contributed by atoms with E-state index in [1.54, 1.807) is 0 Å². The fourth-order valence-electron chi connectivity index (χ4n) is 7.59. The maximum absolute atomic E-state index is 5.63. The van der Waals surface area contributed by atoms with Crippen LogP contribution in [0, 0.1) is 53.3 Å². The van der Waals surface area contributed by atoms with Gasteiger partial charge in [-0.3, -0.25) is 0 Å². The van der Waals surface area contributed by atoms with Crippen LogP contribution in [-0.2, 0) is 0 Å². The van der Waals surface area contributed by atoms with Gasteiger partial charge >= 0.3 is 0 Å². The lowest BCUT2D eigenvalue weighted by atomic mass is 9.53. The first-order valence-electron chi connectivity index (χ1n) is 11.9. The maximum Gasteiger partial charge on any atom is 0.0171 e. The van der Waals surface area contributed by atoms with Gasteiger partial charge in [0.05, 0.1) is 0 Å². The van der Waals surface area contributed by atoms with Crippen LogP contribution >= 0.6 is 11.8 Å². The summed E-state index contributed by atoms with van der Waals surface area (Å²) in [4.78, 5) is 0. The minimum absolute atomic E-state index is 0.442. The molecule has 1 heterocycles. The molecule has 1 heteroatoms. The van der Waals surface area contributed by atoms with Crippen molar-refractivity contribution in [3.63, 3.8) is 0 Å². The third kappa shape index (κ3) is 4.27. The topological polar surface area (TPSA) is 0 Å². The number of fused-ring (bicyclic) bond motifs is 3. The van der Waals surface area contributed by atoms with Crippen LogP contribution in [-0.4, -0.2) is 10.5 Å². The van der Waals surface area contributed by atoms with E-state index in [0.717, 1.165) is 41.9 Å². The minimum atomic E-state index is 0.442.